The van der Waals surface area contributed by atoms with E-state index in [4.69, 9.17) is 0 Å². The quantitative estimate of drug-likeness (QED) is 0.463. The summed E-state index contributed by atoms with van der Waals surface area (Å²) in [7, 11) is 0. The van der Waals surface area contributed by atoms with E-state index in [1.807, 2.05) is 0 Å². The van der Waals surface area contributed by atoms with Gasteiger partial charge in [0.2, 0.25) is 0 Å². The first kappa shape index (κ1) is 55.4. The van der Waals surface area contributed by atoms with Crippen molar-refractivity contribution >= 4 is 17.4 Å². The molecule has 0 aromatic rings. The second kappa shape index (κ2) is 33.8. The van der Waals surface area contributed by atoms with Gasteiger partial charge in [0, 0.05) is 0 Å². The van der Waals surface area contributed by atoms with E-state index >= 15 is 0 Å². The molecule has 0 saturated carbocycles. The van der Waals surface area contributed by atoms with E-state index in [0.29, 0.717) is 0 Å². The monoisotopic (exact) mass is 196 g/mol. The minimum absolute atomic E-state index is 0. The molecule has 0 aliphatic carbocycles. The van der Waals surface area contributed by atoms with Gasteiger partial charge in [0.15, 0.2) is 0 Å². The Kier molecular flexibility index (Phi) is 375. The van der Waals surface area contributed by atoms with Crippen LogP contribution in [-0.2, 0) is 65.4 Å². The molecule has 16 valence electrons. The molecule has 0 aromatic heterocycles. The van der Waals surface area contributed by atoms with E-state index in [0.717, 1.165) is 0 Å². The Balaban J connectivity index is 0. The van der Waals surface area contributed by atoms with E-state index in [-0.39, 0.29) is 82.7 Å². The van der Waals surface area contributed by atoms with Crippen LogP contribution < -0.4 is 0 Å². The number of hydrogen-bond donors (Lipinski definition) is 0. The standard InChI is InChI=1S/Al.2O.Ti.Y/q+3;2*-2;+4;+3. The van der Waals surface area contributed by atoms with Crippen molar-refractivity contribution in [1.29, 1.82) is 0 Å². The van der Waals surface area contributed by atoms with Crippen LogP contribution in [0.4, 0.5) is 0 Å². The van der Waals surface area contributed by atoms with Crippen LogP contribution in [-0.4, -0.2) is 17.4 Å². The van der Waals surface area contributed by atoms with E-state index < -0.39 is 0 Å². The van der Waals surface area contributed by atoms with Crippen LogP contribution >= 0.6 is 0 Å². The molecule has 5 heavy (non-hydrogen) atoms. The molecule has 0 saturated heterocycles. The maximum atomic E-state index is 0. The molecule has 5 heteroatoms. The predicted octanol–water partition coefficient (Wildman–Crippen LogP) is -0.623. The molecular formula is AlO2TiY+6. The van der Waals surface area contributed by atoms with Gasteiger partial charge in [-0.25, -0.2) is 0 Å². The molecule has 0 fully saturated rings. The molecule has 0 unspecified atom stereocenters. The summed E-state index contributed by atoms with van der Waals surface area (Å²) in [6.07, 6.45) is 0. The summed E-state index contributed by atoms with van der Waals surface area (Å²) in [5.74, 6) is 0. The van der Waals surface area contributed by atoms with Gasteiger partial charge in [-0.15, -0.1) is 0 Å². The smallest absolute Gasteiger partial charge is 2.00 e. The average molecular weight is 196 g/mol. The molecule has 2 nitrogen and oxygen atoms in total. The van der Waals surface area contributed by atoms with Crippen molar-refractivity contribution in [2.75, 3.05) is 0 Å². The zero-order valence-electron chi connectivity index (χ0n) is 2.47. The van der Waals surface area contributed by atoms with Crippen molar-refractivity contribution in [3.63, 3.8) is 0 Å². The largest absolute Gasteiger partial charge is 4.00 e. The summed E-state index contributed by atoms with van der Waals surface area (Å²) in [5.41, 5.74) is 0. The summed E-state index contributed by atoms with van der Waals surface area (Å²) >= 11 is 0. The molecule has 0 bridgehead atoms. The molecule has 0 aliphatic heterocycles. The summed E-state index contributed by atoms with van der Waals surface area (Å²) < 4.78 is 0. The Morgan fingerprint density at radius 1 is 0.800 bits per heavy atom. The van der Waals surface area contributed by atoms with Gasteiger partial charge in [0.1, 0.15) is 0 Å². The maximum Gasteiger partial charge on any atom is 4.00 e. The molecule has 0 atom stereocenters. The van der Waals surface area contributed by atoms with Crippen molar-refractivity contribution in [3.8, 4) is 0 Å². The molecule has 0 aliphatic rings. The molecule has 0 amide bonds. The van der Waals surface area contributed by atoms with Gasteiger partial charge in [0.05, 0.1) is 0 Å². The van der Waals surface area contributed by atoms with Crippen LogP contribution in [0.5, 0.6) is 0 Å². The molecule has 0 heterocycles. The van der Waals surface area contributed by atoms with Crippen LogP contribution in [0.3, 0.4) is 0 Å². The Morgan fingerprint density at radius 2 is 0.800 bits per heavy atom. The first-order chi connectivity index (χ1) is 0. The Labute approximate surface area is 81.6 Å². The third kappa shape index (κ3) is 22.2. The average Bonchev–Trinajstić information content (AvgIpc) is 0. The Hall–Kier alpha value is 2.27. The number of rotatable bonds is 0. The minimum Gasteiger partial charge on any atom is -2.00 e. The zero-order valence-corrected chi connectivity index (χ0v) is 8.03. The second-order valence-corrected chi connectivity index (χ2v) is 0. The van der Waals surface area contributed by atoms with Crippen molar-refractivity contribution < 1.29 is 65.4 Å². The Morgan fingerprint density at radius 3 is 0.800 bits per heavy atom. The van der Waals surface area contributed by atoms with Crippen LogP contribution in [0.25, 0.3) is 0 Å². The maximum absolute atomic E-state index is 0. The molecule has 0 aromatic carbocycles. The summed E-state index contributed by atoms with van der Waals surface area (Å²) in [4.78, 5) is 0. The van der Waals surface area contributed by atoms with Gasteiger partial charge in [-0.2, -0.15) is 0 Å². The third-order valence-electron chi connectivity index (χ3n) is 0. The molecule has 0 radical (unpaired) electrons. The fraction of sp³-hybridized carbons (Fsp3) is 0. The van der Waals surface area contributed by atoms with Gasteiger partial charge in [0.25, 0.3) is 0 Å². The first-order valence-electron chi connectivity index (χ1n) is 0. The fourth-order valence-electron chi connectivity index (χ4n) is 0. The van der Waals surface area contributed by atoms with E-state index in [9.17, 15) is 0 Å². The third-order valence-corrected chi connectivity index (χ3v) is 0. The van der Waals surface area contributed by atoms with Crippen LogP contribution in [0, 0.1) is 0 Å². The normalized spacial score (nSPS) is 0. The van der Waals surface area contributed by atoms with Gasteiger partial charge in [-0.05, 0) is 0 Å². The summed E-state index contributed by atoms with van der Waals surface area (Å²) in [6.45, 7) is 0. The predicted molar refractivity (Wildman–Crippen MR) is 7.13 cm³/mol. The summed E-state index contributed by atoms with van der Waals surface area (Å²) in [5, 5.41) is 0. The van der Waals surface area contributed by atoms with Crippen molar-refractivity contribution in [2.24, 2.45) is 0 Å². The molecule has 0 rings (SSSR count). The minimum atomic E-state index is 0. The zero-order chi connectivity index (χ0) is 0. The molecular weight excluding hydrogens is 196 g/mol. The fourth-order valence-corrected chi connectivity index (χ4v) is 0. The summed E-state index contributed by atoms with van der Waals surface area (Å²) in [6, 6.07) is 0. The molecule has 0 spiro atoms. The van der Waals surface area contributed by atoms with Gasteiger partial charge >= 0.3 is 71.8 Å². The first-order valence-corrected chi connectivity index (χ1v) is 0. The Bertz CT molecular complexity index is 9.61. The number of hydrogen-bond acceptors (Lipinski definition) is 0. The van der Waals surface area contributed by atoms with Crippen LogP contribution in [0.1, 0.15) is 0 Å². The second-order valence-electron chi connectivity index (χ2n) is 0. The van der Waals surface area contributed by atoms with Crippen molar-refractivity contribution in [3.05, 3.63) is 0 Å². The van der Waals surface area contributed by atoms with Crippen LogP contribution in [0.15, 0.2) is 0 Å². The van der Waals surface area contributed by atoms with E-state index in [2.05, 4.69) is 0 Å². The van der Waals surface area contributed by atoms with E-state index in [1.54, 1.807) is 0 Å². The van der Waals surface area contributed by atoms with Crippen molar-refractivity contribution in [2.45, 2.75) is 0 Å². The van der Waals surface area contributed by atoms with Gasteiger partial charge in [-0.1, -0.05) is 0 Å². The van der Waals surface area contributed by atoms with Crippen LogP contribution in [0.2, 0.25) is 0 Å². The molecule has 0 N–H and O–H groups in total. The van der Waals surface area contributed by atoms with Gasteiger partial charge < -0.3 is 11.0 Å². The SMILES string of the molecule is [Al+3].[O-2].[O-2].[Ti+4].[Y+3]. The van der Waals surface area contributed by atoms with E-state index in [1.165, 1.54) is 0 Å². The topological polar surface area (TPSA) is 57.0 Å². The van der Waals surface area contributed by atoms with Gasteiger partial charge in [-0.3, -0.25) is 0 Å². The van der Waals surface area contributed by atoms with Crippen molar-refractivity contribution in [1.82, 2.24) is 0 Å².